The third-order valence-corrected chi connectivity index (χ3v) is 4.37. The molecule has 3 aromatic rings. The lowest BCUT2D eigenvalue weighted by atomic mass is 10.1. The van der Waals surface area contributed by atoms with E-state index in [-0.39, 0.29) is 40.9 Å². The first-order valence-electron chi connectivity index (χ1n) is 8.76. The van der Waals surface area contributed by atoms with Gasteiger partial charge in [0.25, 0.3) is 11.8 Å². The second-order valence-electron chi connectivity index (χ2n) is 6.35. The Morgan fingerprint density at radius 1 is 0.690 bits per heavy atom. The SMILES string of the molecule is O=C(NCc1ccc(F)cc1)c1cc(Cl)cc(C(=O)NCc2ccc(F)cc2)c1. The van der Waals surface area contributed by atoms with Crippen molar-refractivity contribution in [1.82, 2.24) is 10.6 Å². The maximum Gasteiger partial charge on any atom is 0.251 e. The van der Waals surface area contributed by atoms with E-state index in [9.17, 15) is 18.4 Å². The highest BCUT2D eigenvalue weighted by molar-refractivity contribution is 6.31. The number of hydrogen-bond donors (Lipinski definition) is 2. The van der Waals surface area contributed by atoms with E-state index >= 15 is 0 Å². The maximum absolute atomic E-state index is 12.9. The standard InChI is InChI=1S/C22H17ClF2N2O2/c23-18-10-16(21(28)26-12-14-1-5-19(24)6-2-14)9-17(11-18)22(29)27-13-15-3-7-20(25)8-4-15/h1-11H,12-13H2,(H,26,28)(H,27,29). The van der Waals surface area contributed by atoms with E-state index in [2.05, 4.69) is 10.6 Å². The lowest BCUT2D eigenvalue weighted by molar-refractivity contribution is 0.0950. The van der Waals surface area contributed by atoms with Gasteiger partial charge in [-0.2, -0.15) is 0 Å². The second kappa shape index (κ2) is 9.30. The number of rotatable bonds is 6. The molecule has 148 valence electrons. The Morgan fingerprint density at radius 3 is 1.45 bits per heavy atom. The van der Waals surface area contributed by atoms with Gasteiger partial charge in [0.2, 0.25) is 0 Å². The Kier molecular flexibility index (Phi) is 6.57. The van der Waals surface area contributed by atoms with E-state index in [0.717, 1.165) is 11.1 Å². The van der Waals surface area contributed by atoms with Gasteiger partial charge < -0.3 is 10.6 Å². The molecule has 29 heavy (non-hydrogen) atoms. The smallest absolute Gasteiger partial charge is 0.251 e. The molecule has 0 radical (unpaired) electrons. The Labute approximate surface area is 171 Å². The largest absolute Gasteiger partial charge is 0.348 e. The van der Waals surface area contributed by atoms with Crippen LogP contribution in [0.25, 0.3) is 0 Å². The van der Waals surface area contributed by atoms with Crippen LogP contribution in [-0.4, -0.2) is 11.8 Å². The summed E-state index contributed by atoms with van der Waals surface area (Å²) in [4.78, 5) is 24.8. The molecule has 0 aromatic heterocycles. The third kappa shape index (κ3) is 5.86. The first-order valence-corrected chi connectivity index (χ1v) is 9.14. The molecule has 3 aromatic carbocycles. The summed E-state index contributed by atoms with van der Waals surface area (Å²) in [7, 11) is 0. The highest BCUT2D eigenvalue weighted by atomic mass is 35.5. The predicted molar refractivity (Wildman–Crippen MR) is 107 cm³/mol. The molecule has 0 aliphatic heterocycles. The molecule has 2 amide bonds. The predicted octanol–water partition coefficient (Wildman–Crippen LogP) is 4.48. The fraction of sp³-hybridized carbons (Fsp3) is 0.0909. The molecule has 0 heterocycles. The summed E-state index contributed by atoms with van der Waals surface area (Å²) in [5.74, 6) is -1.54. The summed E-state index contributed by atoms with van der Waals surface area (Å²) in [6.45, 7) is 0.412. The van der Waals surface area contributed by atoms with Crippen molar-refractivity contribution < 1.29 is 18.4 Å². The second-order valence-corrected chi connectivity index (χ2v) is 6.78. The lowest BCUT2D eigenvalue weighted by Gasteiger charge is -2.09. The van der Waals surface area contributed by atoms with Crippen LogP contribution < -0.4 is 10.6 Å². The van der Waals surface area contributed by atoms with Crippen molar-refractivity contribution in [2.45, 2.75) is 13.1 Å². The van der Waals surface area contributed by atoms with E-state index in [1.165, 1.54) is 42.5 Å². The van der Waals surface area contributed by atoms with Crippen LogP contribution in [0, 0.1) is 11.6 Å². The summed E-state index contributed by atoms with van der Waals surface area (Å²) in [6, 6.07) is 15.9. The average Bonchev–Trinajstić information content (AvgIpc) is 2.72. The van der Waals surface area contributed by atoms with Crippen molar-refractivity contribution in [3.05, 3.63) is 106 Å². The minimum atomic E-state index is -0.413. The highest BCUT2D eigenvalue weighted by Crippen LogP contribution is 2.16. The number of carbonyl (C=O) groups is 2. The fourth-order valence-corrected chi connectivity index (χ4v) is 2.86. The van der Waals surface area contributed by atoms with Crippen molar-refractivity contribution >= 4 is 23.4 Å². The van der Waals surface area contributed by atoms with Gasteiger partial charge in [-0.15, -0.1) is 0 Å². The topological polar surface area (TPSA) is 58.2 Å². The summed E-state index contributed by atoms with van der Waals surface area (Å²) >= 11 is 6.06. The first kappa shape index (κ1) is 20.5. The quantitative estimate of drug-likeness (QED) is 0.625. The first-order chi connectivity index (χ1) is 13.9. The fourth-order valence-electron chi connectivity index (χ4n) is 2.63. The Morgan fingerprint density at radius 2 is 1.07 bits per heavy atom. The zero-order valence-corrected chi connectivity index (χ0v) is 16.0. The van der Waals surface area contributed by atoms with Gasteiger partial charge >= 0.3 is 0 Å². The Hall–Kier alpha value is -3.25. The summed E-state index contributed by atoms with van der Waals surface area (Å²) in [6.07, 6.45) is 0. The van der Waals surface area contributed by atoms with Crippen molar-refractivity contribution in [2.75, 3.05) is 0 Å². The normalized spacial score (nSPS) is 10.4. The molecule has 0 saturated carbocycles. The molecule has 0 spiro atoms. The van der Waals surface area contributed by atoms with E-state index in [4.69, 9.17) is 11.6 Å². The number of carbonyl (C=O) groups excluding carboxylic acids is 2. The van der Waals surface area contributed by atoms with Gasteiger partial charge in [0.15, 0.2) is 0 Å². The summed E-state index contributed by atoms with van der Waals surface area (Å²) in [5.41, 5.74) is 1.93. The van der Waals surface area contributed by atoms with Crippen molar-refractivity contribution in [3.63, 3.8) is 0 Å². The van der Waals surface area contributed by atoms with Crippen molar-refractivity contribution in [2.24, 2.45) is 0 Å². The van der Waals surface area contributed by atoms with Crippen LogP contribution in [0.3, 0.4) is 0 Å². The third-order valence-electron chi connectivity index (χ3n) is 4.15. The molecule has 0 unspecified atom stereocenters. The monoisotopic (exact) mass is 414 g/mol. The zero-order valence-electron chi connectivity index (χ0n) is 15.2. The van der Waals surface area contributed by atoms with Crippen LogP contribution in [0.15, 0.2) is 66.7 Å². The number of amides is 2. The van der Waals surface area contributed by atoms with E-state index < -0.39 is 11.8 Å². The molecule has 7 heteroatoms. The van der Waals surface area contributed by atoms with Gasteiger partial charge in [-0.05, 0) is 53.6 Å². The lowest BCUT2D eigenvalue weighted by Crippen LogP contribution is -2.25. The zero-order chi connectivity index (χ0) is 20.8. The van der Waals surface area contributed by atoms with Gasteiger partial charge in [-0.1, -0.05) is 35.9 Å². The van der Waals surface area contributed by atoms with Crippen LogP contribution in [0.5, 0.6) is 0 Å². The van der Waals surface area contributed by atoms with E-state index in [0.29, 0.717) is 0 Å². The molecule has 2 N–H and O–H groups in total. The van der Waals surface area contributed by atoms with Crippen LogP contribution in [0.2, 0.25) is 5.02 Å². The van der Waals surface area contributed by atoms with Gasteiger partial charge in [-0.25, -0.2) is 8.78 Å². The number of halogens is 3. The Balaban J connectivity index is 1.64. The minimum absolute atomic E-state index is 0.206. The molecule has 0 fully saturated rings. The molecule has 0 atom stereocenters. The van der Waals surface area contributed by atoms with Crippen molar-refractivity contribution in [3.8, 4) is 0 Å². The summed E-state index contributed by atoms with van der Waals surface area (Å²) < 4.78 is 25.9. The van der Waals surface area contributed by atoms with E-state index in [1.807, 2.05) is 0 Å². The van der Waals surface area contributed by atoms with Crippen LogP contribution >= 0.6 is 11.6 Å². The molecule has 4 nitrogen and oxygen atoms in total. The van der Waals surface area contributed by atoms with Crippen LogP contribution in [0.1, 0.15) is 31.8 Å². The molecule has 0 aliphatic carbocycles. The van der Waals surface area contributed by atoms with Gasteiger partial charge in [0.1, 0.15) is 11.6 Å². The van der Waals surface area contributed by atoms with Gasteiger partial charge in [-0.3, -0.25) is 9.59 Å². The number of nitrogens with one attached hydrogen (secondary N) is 2. The van der Waals surface area contributed by atoms with Crippen molar-refractivity contribution in [1.29, 1.82) is 0 Å². The summed E-state index contributed by atoms with van der Waals surface area (Å²) in [5, 5.41) is 5.65. The van der Waals surface area contributed by atoms with Gasteiger partial charge in [0.05, 0.1) is 0 Å². The molecule has 3 rings (SSSR count). The minimum Gasteiger partial charge on any atom is -0.348 e. The average molecular weight is 415 g/mol. The molecular formula is C22H17ClF2N2O2. The van der Waals surface area contributed by atoms with Crippen LogP contribution in [-0.2, 0) is 13.1 Å². The number of benzene rings is 3. The van der Waals surface area contributed by atoms with Crippen LogP contribution in [0.4, 0.5) is 8.78 Å². The maximum atomic E-state index is 12.9. The number of hydrogen-bond acceptors (Lipinski definition) is 2. The molecule has 0 saturated heterocycles. The highest BCUT2D eigenvalue weighted by Gasteiger charge is 2.13. The molecule has 0 bridgehead atoms. The van der Waals surface area contributed by atoms with E-state index in [1.54, 1.807) is 24.3 Å². The van der Waals surface area contributed by atoms with Gasteiger partial charge in [0, 0.05) is 29.2 Å². The molecule has 0 aliphatic rings. The molecular weight excluding hydrogens is 398 g/mol. The Bertz CT molecular complexity index is 942.